The Kier molecular flexibility index (Phi) is 3.36. The molecule has 5 rings (SSSR count). The molecule has 0 radical (unpaired) electrons. The van der Waals surface area contributed by atoms with Gasteiger partial charge < -0.3 is 10.2 Å². The average molecular weight is 312 g/mol. The number of hydrogen-bond acceptors (Lipinski definition) is 3. The van der Waals surface area contributed by atoms with E-state index >= 15 is 0 Å². The number of nitriles is 1. The summed E-state index contributed by atoms with van der Waals surface area (Å²) in [6.07, 6.45) is 2.47. The third-order valence-electron chi connectivity index (χ3n) is 5.00. The SMILES string of the molecule is N#Cc1ccc2cc(C(=O)N[C@H]3C[NH+]4CCC3CC4)sc2c1. The van der Waals surface area contributed by atoms with Crippen molar-refractivity contribution in [3.8, 4) is 6.07 Å². The van der Waals surface area contributed by atoms with Gasteiger partial charge in [-0.2, -0.15) is 5.26 Å². The fraction of sp³-hybridized carbons (Fsp3) is 0.412. The van der Waals surface area contributed by atoms with Gasteiger partial charge >= 0.3 is 0 Å². The molecule has 3 saturated heterocycles. The molecular weight excluding hydrogens is 294 g/mol. The van der Waals surface area contributed by atoms with Crippen LogP contribution < -0.4 is 10.2 Å². The van der Waals surface area contributed by atoms with Crippen LogP contribution in [0.2, 0.25) is 0 Å². The van der Waals surface area contributed by atoms with Gasteiger partial charge in [0.2, 0.25) is 0 Å². The molecule has 0 spiro atoms. The molecule has 1 amide bonds. The van der Waals surface area contributed by atoms with Crippen LogP contribution in [0.5, 0.6) is 0 Å². The van der Waals surface area contributed by atoms with Gasteiger partial charge in [0.1, 0.15) is 0 Å². The van der Waals surface area contributed by atoms with Gasteiger partial charge in [0.05, 0.1) is 42.2 Å². The molecule has 1 aromatic heterocycles. The first-order valence-corrected chi connectivity index (χ1v) is 8.63. The van der Waals surface area contributed by atoms with E-state index in [9.17, 15) is 4.79 Å². The molecule has 2 aromatic rings. The molecule has 0 aliphatic carbocycles. The summed E-state index contributed by atoms with van der Waals surface area (Å²) in [4.78, 5) is 14.9. The third-order valence-corrected chi connectivity index (χ3v) is 6.10. The lowest BCUT2D eigenvalue weighted by Crippen LogP contribution is -3.17. The zero-order chi connectivity index (χ0) is 15.1. The average Bonchev–Trinajstić information content (AvgIpc) is 2.99. The highest BCUT2D eigenvalue weighted by Crippen LogP contribution is 2.27. The van der Waals surface area contributed by atoms with Crippen molar-refractivity contribution in [2.45, 2.75) is 18.9 Å². The molecule has 4 nitrogen and oxygen atoms in total. The minimum atomic E-state index is 0.0397. The monoisotopic (exact) mass is 312 g/mol. The second-order valence-electron chi connectivity index (χ2n) is 6.35. The summed E-state index contributed by atoms with van der Waals surface area (Å²) >= 11 is 1.47. The van der Waals surface area contributed by atoms with E-state index in [0.717, 1.165) is 21.5 Å². The van der Waals surface area contributed by atoms with Crippen LogP contribution in [0.15, 0.2) is 24.3 Å². The summed E-state index contributed by atoms with van der Waals surface area (Å²) in [6.45, 7) is 3.59. The van der Waals surface area contributed by atoms with E-state index in [0.29, 0.717) is 17.5 Å². The number of rotatable bonds is 2. The highest BCUT2D eigenvalue weighted by molar-refractivity contribution is 7.20. The van der Waals surface area contributed by atoms with Crippen LogP contribution in [0.3, 0.4) is 0 Å². The summed E-state index contributed by atoms with van der Waals surface area (Å²) in [5.74, 6) is 0.693. The van der Waals surface area contributed by atoms with Gasteiger partial charge in [0, 0.05) is 17.5 Å². The lowest BCUT2D eigenvalue weighted by Gasteiger charge is -2.41. The molecule has 2 N–H and O–H groups in total. The third kappa shape index (κ3) is 2.39. The van der Waals surface area contributed by atoms with Gasteiger partial charge in [-0.05, 0) is 29.5 Å². The number of carbonyl (C=O) groups is 1. The van der Waals surface area contributed by atoms with Gasteiger partial charge in [-0.3, -0.25) is 4.79 Å². The maximum absolute atomic E-state index is 12.5. The van der Waals surface area contributed by atoms with Gasteiger partial charge in [-0.25, -0.2) is 0 Å². The minimum Gasteiger partial charge on any atom is -0.343 e. The Balaban J connectivity index is 1.54. The lowest BCUT2D eigenvalue weighted by atomic mass is 9.84. The Morgan fingerprint density at radius 2 is 2.14 bits per heavy atom. The van der Waals surface area contributed by atoms with Crippen LogP contribution in [0, 0.1) is 17.2 Å². The van der Waals surface area contributed by atoms with Crippen molar-refractivity contribution in [3.05, 3.63) is 34.7 Å². The van der Waals surface area contributed by atoms with Crippen molar-refractivity contribution < 1.29 is 9.69 Å². The number of quaternary nitrogens is 1. The predicted octanol–water partition coefficient (Wildman–Crippen LogP) is 1.18. The first-order valence-electron chi connectivity index (χ1n) is 7.81. The zero-order valence-corrected chi connectivity index (χ0v) is 13.1. The number of thiophene rings is 1. The van der Waals surface area contributed by atoms with Crippen molar-refractivity contribution >= 4 is 27.3 Å². The second-order valence-corrected chi connectivity index (χ2v) is 7.43. The molecule has 3 aliphatic heterocycles. The van der Waals surface area contributed by atoms with E-state index in [4.69, 9.17) is 5.26 Å². The van der Waals surface area contributed by atoms with Gasteiger partial charge in [0.15, 0.2) is 0 Å². The van der Waals surface area contributed by atoms with Crippen LogP contribution in [0.1, 0.15) is 28.1 Å². The van der Waals surface area contributed by atoms with Crippen molar-refractivity contribution in [2.75, 3.05) is 19.6 Å². The molecule has 0 unspecified atom stereocenters. The Bertz CT molecular complexity index is 768. The van der Waals surface area contributed by atoms with Crippen LogP contribution in [-0.4, -0.2) is 31.6 Å². The fourth-order valence-corrected chi connectivity index (χ4v) is 4.76. The molecule has 3 fully saturated rings. The maximum Gasteiger partial charge on any atom is 0.261 e. The summed E-state index contributed by atoms with van der Waals surface area (Å²) in [7, 11) is 0. The van der Waals surface area contributed by atoms with Crippen molar-refractivity contribution in [3.63, 3.8) is 0 Å². The molecule has 1 atom stereocenters. The van der Waals surface area contributed by atoms with E-state index < -0.39 is 0 Å². The van der Waals surface area contributed by atoms with E-state index in [1.54, 1.807) is 11.0 Å². The van der Waals surface area contributed by atoms with E-state index in [1.165, 1.54) is 37.3 Å². The first-order chi connectivity index (χ1) is 10.7. The smallest absolute Gasteiger partial charge is 0.261 e. The molecule has 0 saturated carbocycles. The lowest BCUT2D eigenvalue weighted by molar-refractivity contribution is -0.917. The summed E-state index contributed by atoms with van der Waals surface area (Å²) < 4.78 is 1.00. The highest BCUT2D eigenvalue weighted by Gasteiger charge is 2.38. The molecule has 112 valence electrons. The largest absolute Gasteiger partial charge is 0.343 e. The summed E-state index contributed by atoms with van der Waals surface area (Å²) in [5.41, 5.74) is 0.641. The fourth-order valence-electron chi connectivity index (χ4n) is 3.75. The standard InChI is InChI=1S/C17H17N3OS/c18-9-11-1-2-13-8-16(22-15(13)7-11)17(21)19-14-10-20-5-3-12(14)4-6-20/h1-2,7-8,12,14H,3-6,10H2,(H,19,21)/p+1/t14-/m0/s1. The number of hydrogen-bond donors (Lipinski definition) is 2. The van der Waals surface area contributed by atoms with Gasteiger partial charge in [-0.15, -0.1) is 11.3 Å². The van der Waals surface area contributed by atoms with Crippen LogP contribution >= 0.6 is 11.3 Å². The minimum absolute atomic E-state index is 0.0397. The second kappa shape index (κ2) is 5.38. The van der Waals surface area contributed by atoms with Crippen LogP contribution in [-0.2, 0) is 0 Å². The summed E-state index contributed by atoms with van der Waals surface area (Å²) in [5, 5.41) is 13.2. The maximum atomic E-state index is 12.5. The van der Waals surface area contributed by atoms with E-state index in [-0.39, 0.29) is 5.91 Å². The van der Waals surface area contributed by atoms with E-state index in [1.807, 2.05) is 18.2 Å². The Hall–Kier alpha value is -1.90. The number of fused-ring (bicyclic) bond motifs is 4. The molecule has 1 aromatic carbocycles. The normalized spacial score (nSPS) is 26.8. The molecule has 5 heteroatoms. The van der Waals surface area contributed by atoms with Gasteiger partial charge in [0.25, 0.3) is 5.91 Å². The predicted molar refractivity (Wildman–Crippen MR) is 86.1 cm³/mol. The first kappa shape index (κ1) is 13.7. The Morgan fingerprint density at radius 3 is 2.82 bits per heavy atom. The Morgan fingerprint density at radius 1 is 1.32 bits per heavy atom. The number of piperidine rings is 3. The summed E-state index contributed by atoms with van der Waals surface area (Å²) in [6, 6.07) is 9.98. The molecule has 4 heterocycles. The Labute approximate surface area is 133 Å². The number of benzene rings is 1. The van der Waals surface area contributed by atoms with Crippen molar-refractivity contribution in [2.24, 2.45) is 5.92 Å². The van der Waals surface area contributed by atoms with Crippen LogP contribution in [0.4, 0.5) is 0 Å². The van der Waals surface area contributed by atoms with Crippen LogP contribution in [0.25, 0.3) is 10.1 Å². The topological polar surface area (TPSA) is 57.3 Å². The van der Waals surface area contributed by atoms with E-state index in [2.05, 4.69) is 11.4 Å². The highest BCUT2D eigenvalue weighted by atomic mass is 32.1. The number of carbonyl (C=O) groups excluding carboxylic acids is 1. The molecule has 22 heavy (non-hydrogen) atoms. The quantitative estimate of drug-likeness (QED) is 0.875. The molecular formula is C17H18N3OS+. The number of nitrogens with zero attached hydrogens (tertiary/aromatic N) is 1. The molecule has 3 aliphatic rings. The molecule has 2 bridgehead atoms. The number of nitrogens with one attached hydrogen (secondary N) is 2. The van der Waals surface area contributed by atoms with Crippen molar-refractivity contribution in [1.82, 2.24) is 5.32 Å². The van der Waals surface area contributed by atoms with Gasteiger partial charge in [-0.1, -0.05) is 6.07 Å². The van der Waals surface area contributed by atoms with Crippen molar-refractivity contribution in [1.29, 1.82) is 5.26 Å². The number of amides is 1. The zero-order valence-electron chi connectivity index (χ0n) is 12.3.